The lowest BCUT2D eigenvalue weighted by Gasteiger charge is -2.32. The molecule has 18 heavy (non-hydrogen) atoms. The molecule has 0 saturated heterocycles. The topological polar surface area (TPSA) is 95.6 Å². The molecule has 1 aliphatic rings. The highest BCUT2D eigenvalue weighted by Crippen LogP contribution is 2.27. The summed E-state index contributed by atoms with van der Waals surface area (Å²) >= 11 is 0. The van der Waals surface area contributed by atoms with Crippen molar-refractivity contribution in [2.75, 3.05) is 6.54 Å². The van der Waals surface area contributed by atoms with Crippen molar-refractivity contribution in [2.24, 2.45) is 0 Å². The second kappa shape index (κ2) is 5.49. The van der Waals surface area contributed by atoms with Gasteiger partial charge in [0.05, 0.1) is 12.1 Å². The first-order valence-corrected chi connectivity index (χ1v) is 6.21. The third-order valence-corrected chi connectivity index (χ3v) is 3.32. The van der Waals surface area contributed by atoms with Crippen molar-refractivity contribution >= 4 is 5.97 Å². The smallest absolute Gasteiger partial charge is 0.358 e. The van der Waals surface area contributed by atoms with E-state index >= 15 is 0 Å². The van der Waals surface area contributed by atoms with Gasteiger partial charge < -0.3 is 20.1 Å². The van der Waals surface area contributed by atoms with Gasteiger partial charge in [0.2, 0.25) is 0 Å². The molecular weight excluding hydrogens is 236 g/mol. The van der Waals surface area contributed by atoms with Gasteiger partial charge in [0.1, 0.15) is 0 Å². The van der Waals surface area contributed by atoms with Gasteiger partial charge in [-0.05, 0) is 12.8 Å². The zero-order valence-electron chi connectivity index (χ0n) is 10.2. The molecule has 1 aromatic heterocycles. The molecule has 1 fully saturated rings. The Morgan fingerprint density at radius 1 is 1.44 bits per heavy atom. The molecule has 1 heterocycles. The molecular formula is C12H18N2O4. The highest BCUT2D eigenvalue weighted by molar-refractivity contribution is 5.85. The summed E-state index contributed by atoms with van der Waals surface area (Å²) in [5.74, 6) is -0.636. The molecule has 100 valence electrons. The summed E-state index contributed by atoms with van der Waals surface area (Å²) in [6, 6.07) is 1.39. The summed E-state index contributed by atoms with van der Waals surface area (Å²) < 4.78 is 4.87. The van der Waals surface area contributed by atoms with E-state index < -0.39 is 11.6 Å². The Kier molecular flexibility index (Phi) is 3.98. The molecule has 6 heteroatoms. The van der Waals surface area contributed by atoms with Crippen LogP contribution in [0.4, 0.5) is 0 Å². The molecule has 3 N–H and O–H groups in total. The zero-order valence-corrected chi connectivity index (χ0v) is 10.2. The number of aromatic nitrogens is 1. The minimum absolute atomic E-state index is 0.0943. The Hall–Kier alpha value is -1.40. The summed E-state index contributed by atoms with van der Waals surface area (Å²) in [4.78, 5) is 10.6. The molecule has 1 aromatic rings. The van der Waals surface area contributed by atoms with Crippen molar-refractivity contribution in [1.29, 1.82) is 0 Å². The number of hydrogen-bond donors (Lipinski definition) is 3. The number of nitrogens with zero attached hydrogens (tertiary/aromatic N) is 1. The quantitative estimate of drug-likeness (QED) is 0.729. The minimum Gasteiger partial charge on any atom is -0.476 e. The monoisotopic (exact) mass is 254 g/mol. The summed E-state index contributed by atoms with van der Waals surface area (Å²) in [5.41, 5.74) is -0.725. The SMILES string of the molecule is O=C(O)c1cc(CNCC2(O)CCCCC2)on1. The summed E-state index contributed by atoms with van der Waals surface area (Å²) in [6.07, 6.45) is 4.94. The lowest BCUT2D eigenvalue weighted by Crippen LogP contribution is -2.41. The van der Waals surface area contributed by atoms with E-state index in [9.17, 15) is 9.90 Å². The standard InChI is InChI=1S/C12H18N2O4/c15-11(16)10-6-9(18-14-10)7-13-8-12(17)4-2-1-3-5-12/h6,13,17H,1-5,7-8H2,(H,15,16). The zero-order chi connectivity index (χ0) is 13.0. The van der Waals surface area contributed by atoms with Crippen LogP contribution in [0.2, 0.25) is 0 Å². The van der Waals surface area contributed by atoms with Gasteiger partial charge in [-0.15, -0.1) is 0 Å². The predicted molar refractivity (Wildman–Crippen MR) is 63.2 cm³/mol. The van der Waals surface area contributed by atoms with Gasteiger partial charge in [0, 0.05) is 12.6 Å². The molecule has 0 spiro atoms. The fourth-order valence-electron chi connectivity index (χ4n) is 2.30. The van der Waals surface area contributed by atoms with E-state index in [1.807, 2.05) is 0 Å². The lowest BCUT2D eigenvalue weighted by molar-refractivity contribution is 0.00430. The van der Waals surface area contributed by atoms with Gasteiger partial charge >= 0.3 is 5.97 Å². The summed E-state index contributed by atoms with van der Waals surface area (Å²) in [7, 11) is 0. The van der Waals surface area contributed by atoms with Gasteiger partial charge in [0.15, 0.2) is 11.5 Å². The predicted octanol–water partition coefficient (Wildman–Crippen LogP) is 1.16. The van der Waals surface area contributed by atoms with E-state index in [1.54, 1.807) is 0 Å². The highest BCUT2D eigenvalue weighted by Gasteiger charge is 2.28. The normalized spacial score (nSPS) is 18.7. The van der Waals surface area contributed by atoms with Crippen LogP contribution in [0.1, 0.15) is 48.4 Å². The Morgan fingerprint density at radius 2 is 2.17 bits per heavy atom. The fraction of sp³-hybridized carbons (Fsp3) is 0.667. The maximum absolute atomic E-state index is 10.6. The van der Waals surface area contributed by atoms with Crippen LogP contribution in [0, 0.1) is 0 Å². The van der Waals surface area contributed by atoms with Gasteiger partial charge in [0.25, 0.3) is 0 Å². The molecule has 0 radical (unpaired) electrons. The maximum atomic E-state index is 10.6. The lowest BCUT2D eigenvalue weighted by atomic mass is 9.85. The first kappa shape index (κ1) is 13.0. The van der Waals surface area contributed by atoms with E-state index in [-0.39, 0.29) is 5.69 Å². The minimum atomic E-state index is -1.10. The summed E-state index contributed by atoms with van der Waals surface area (Å²) in [5, 5.41) is 25.4. The van der Waals surface area contributed by atoms with Gasteiger partial charge in [-0.3, -0.25) is 0 Å². The number of carbonyl (C=O) groups is 1. The molecule has 0 atom stereocenters. The largest absolute Gasteiger partial charge is 0.476 e. The molecule has 0 unspecified atom stereocenters. The van der Waals surface area contributed by atoms with E-state index in [0.29, 0.717) is 18.8 Å². The van der Waals surface area contributed by atoms with E-state index in [2.05, 4.69) is 10.5 Å². The van der Waals surface area contributed by atoms with Crippen molar-refractivity contribution in [2.45, 2.75) is 44.2 Å². The molecule has 6 nitrogen and oxygen atoms in total. The Labute approximate surface area is 105 Å². The van der Waals surface area contributed by atoms with Gasteiger partial charge in [-0.25, -0.2) is 4.79 Å². The first-order valence-electron chi connectivity index (χ1n) is 6.21. The molecule has 0 aliphatic heterocycles. The number of aromatic carboxylic acids is 1. The number of hydrogen-bond acceptors (Lipinski definition) is 5. The molecule has 0 aromatic carbocycles. The molecule has 2 rings (SSSR count). The number of carboxylic acid groups (broad SMARTS) is 1. The molecule has 0 bridgehead atoms. The number of nitrogens with one attached hydrogen (secondary N) is 1. The Balaban J connectivity index is 1.78. The average Bonchev–Trinajstić information content (AvgIpc) is 2.78. The van der Waals surface area contributed by atoms with E-state index in [4.69, 9.17) is 9.63 Å². The van der Waals surface area contributed by atoms with E-state index in [1.165, 1.54) is 12.5 Å². The third kappa shape index (κ3) is 3.30. The third-order valence-electron chi connectivity index (χ3n) is 3.32. The van der Waals surface area contributed by atoms with Crippen LogP contribution < -0.4 is 5.32 Å². The number of carboxylic acids is 1. The van der Waals surface area contributed by atoms with Gasteiger partial charge in [-0.1, -0.05) is 24.4 Å². The van der Waals surface area contributed by atoms with Crippen LogP contribution in [0.15, 0.2) is 10.6 Å². The van der Waals surface area contributed by atoms with Gasteiger partial charge in [-0.2, -0.15) is 0 Å². The van der Waals surface area contributed by atoms with Crippen molar-refractivity contribution in [3.05, 3.63) is 17.5 Å². The average molecular weight is 254 g/mol. The van der Waals surface area contributed by atoms with Crippen LogP contribution in [-0.4, -0.2) is 33.5 Å². The van der Waals surface area contributed by atoms with Crippen LogP contribution in [0.25, 0.3) is 0 Å². The summed E-state index contributed by atoms with van der Waals surface area (Å²) in [6.45, 7) is 0.874. The van der Waals surface area contributed by atoms with Crippen molar-refractivity contribution in [1.82, 2.24) is 10.5 Å². The van der Waals surface area contributed by atoms with Crippen molar-refractivity contribution < 1.29 is 19.5 Å². The molecule has 0 amide bonds. The van der Waals surface area contributed by atoms with E-state index in [0.717, 1.165) is 25.7 Å². The number of rotatable bonds is 5. The second-order valence-electron chi connectivity index (χ2n) is 4.87. The fourth-order valence-corrected chi connectivity index (χ4v) is 2.30. The Morgan fingerprint density at radius 3 is 2.78 bits per heavy atom. The molecule has 1 saturated carbocycles. The number of aliphatic hydroxyl groups is 1. The maximum Gasteiger partial charge on any atom is 0.358 e. The van der Waals surface area contributed by atoms with Crippen LogP contribution >= 0.6 is 0 Å². The van der Waals surface area contributed by atoms with Crippen LogP contribution in [0.5, 0.6) is 0 Å². The highest BCUT2D eigenvalue weighted by atomic mass is 16.5. The van der Waals surface area contributed by atoms with Crippen LogP contribution in [-0.2, 0) is 6.54 Å². The van der Waals surface area contributed by atoms with Crippen LogP contribution in [0.3, 0.4) is 0 Å². The van der Waals surface area contributed by atoms with Crippen molar-refractivity contribution in [3.63, 3.8) is 0 Å². The second-order valence-corrected chi connectivity index (χ2v) is 4.87. The molecule has 1 aliphatic carbocycles. The first-order chi connectivity index (χ1) is 8.59. The van der Waals surface area contributed by atoms with Crippen molar-refractivity contribution in [3.8, 4) is 0 Å². The Bertz CT molecular complexity index is 410.